The van der Waals surface area contributed by atoms with Crippen LogP contribution in [-0.2, 0) is 16.9 Å². The SMILES string of the molecule is Cc1cc(C)c2nc(N3C(=O)c4oc5ccc(C)cc5c(=O)c4C34C(=O)N(Cc3ccc(Cl)cc3)c3ccccc34)sc2c1. The minimum absolute atomic E-state index is 0.0174. The summed E-state index contributed by atoms with van der Waals surface area (Å²) in [5.41, 5.74) is 3.68. The number of nitrogens with zero attached hydrogens (tertiary/aromatic N) is 3. The van der Waals surface area contributed by atoms with Gasteiger partial charge in [-0.2, -0.15) is 0 Å². The maximum absolute atomic E-state index is 15.1. The molecule has 0 saturated carbocycles. The molecule has 44 heavy (non-hydrogen) atoms. The smallest absolute Gasteiger partial charge is 0.297 e. The van der Waals surface area contributed by atoms with E-state index in [0.717, 1.165) is 32.5 Å². The van der Waals surface area contributed by atoms with Gasteiger partial charge in [-0.25, -0.2) is 4.98 Å². The van der Waals surface area contributed by atoms with Gasteiger partial charge in [0.05, 0.1) is 33.4 Å². The van der Waals surface area contributed by atoms with Gasteiger partial charge in [-0.15, -0.1) is 0 Å². The standard InChI is InChI=1S/C35H24ClN3O4S/c1-18-8-13-26-23(15-18)30(40)28-31(43-26)32(41)39(34-37-29-20(3)14-19(2)16-27(29)44-34)35(28)24-6-4-5-7-25(24)38(33(35)42)17-21-9-11-22(36)12-10-21/h4-16H,17H2,1-3H3. The number of rotatable bonds is 3. The van der Waals surface area contributed by atoms with E-state index in [4.69, 9.17) is 21.0 Å². The fourth-order valence-electron chi connectivity index (χ4n) is 6.66. The molecule has 2 amide bonds. The Labute approximate surface area is 260 Å². The number of amides is 2. The first-order valence-corrected chi connectivity index (χ1v) is 15.3. The van der Waals surface area contributed by atoms with Crippen molar-refractivity contribution in [3.05, 3.63) is 133 Å². The first-order chi connectivity index (χ1) is 21.2. The third kappa shape index (κ3) is 3.55. The third-order valence-corrected chi connectivity index (χ3v) is 9.78. The molecule has 1 atom stereocenters. The van der Waals surface area contributed by atoms with Crippen LogP contribution in [0.2, 0.25) is 5.02 Å². The first-order valence-electron chi connectivity index (χ1n) is 14.1. The molecule has 8 rings (SSSR count). The van der Waals surface area contributed by atoms with E-state index in [-0.39, 0.29) is 23.5 Å². The zero-order valence-electron chi connectivity index (χ0n) is 24.0. The molecule has 7 nitrogen and oxygen atoms in total. The van der Waals surface area contributed by atoms with E-state index in [9.17, 15) is 9.59 Å². The molecule has 2 aromatic heterocycles. The van der Waals surface area contributed by atoms with Gasteiger partial charge in [0.2, 0.25) is 5.76 Å². The fourth-order valence-corrected chi connectivity index (χ4v) is 7.98. The highest BCUT2D eigenvalue weighted by Gasteiger charge is 2.66. The molecule has 0 radical (unpaired) electrons. The van der Waals surface area contributed by atoms with E-state index in [1.54, 1.807) is 29.2 Å². The predicted octanol–water partition coefficient (Wildman–Crippen LogP) is 7.43. The Hall–Kier alpha value is -4.79. The van der Waals surface area contributed by atoms with Crippen LogP contribution in [0, 0.1) is 20.8 Å². The highest BCUT2D eigenvalue weighted by atomic mass is 35.5. The summed E-state index contributed by atoms with van der Waals surface area (Å²) < 4.78 is 7.12. The Balaban J connectivity index is 1.45. The molecule has 2 aliphatic rings. The van der Waals surface area contributed by atoms with Crippen LogP contribution in [0.25, 0.3) is 21.2 Å². The summed E-state index contributed by atoms with van der Waals surface area (Å²) in [6.07, 6.45) is 0. The zero-order valence-corrected chi connectivity index (χ0v) is 25.5. The highest BCUT2D eigenvalue weighted by molar-refractivity contribution is 7.22. The summed E-state index contributed by atoms with van der Waals surface area (Å²) in [5.74, 6) is -1.15. The number of aromatic nitrogens is 1. The van der Waals surface area contributed by atoms with E-state index < -0.39 is 22.8 Å². The largest absolute Gasteiger partial charge is 0.450 e. The predicted molar refractivity (Wildman–Crippen MR) is 173 cm³/mol. The van der Waals surface area contributed by atoms with E-state index in [0.29, 0.717) is 26.8 Å². The quantitative estimate of drug-likeness (QED) is 0.206. The fraction of sp³-hybridized carbons (Fsp3) is 0.143. The van der Waals surface area contributed by atoms with E-state index in [1.807, 2.05) is 75.4 Å². The number of para-hydroxylation sites is 1. The Morgan fingerprint density at radius 1 is 0.909 bits per heavy atom. The third-order valence-electron chi connectivity index (χ3n) is 8.54. The average molecular weight is 618 g/mol. The van der Waals surface area contributed by atoms with Crippen LogP contribution < -0.4 is 15.2 Å². The number of thiazole rings is 1. The molecule has 1 unspecified atom stereocenters. The Morgan fingerprint density at radius 2 is 1.68 bits per heavy atom. The first kappa shape index (κ1) is 26.8. The molecule has 4 heterocycles. The van der Waals surface area contributed by atoms with Gasteiger partial charge in [0.15, 0.2) is 16.1 Å². The van der Waals surface area contributed by atoms with Gasteiger partial charge in [-0.3, -0.25) is 19.3 Å². The number of fused-ring (bicyclic) bond motifs is 6. The van der Waals surface area contributed by atoms with E-state index in [1.165, 1.54) is 16.2 Å². The number of carbonyl (C=O) groups is 2. The number of halogens is 1. The molecule has 0 saturated heterocycles. The molecule has 0 N–H and O–H groups in total. The van der Waals surface area contributed by atoms with Crippen LogP contribution in [0.1, 0.15) is 43.9 Å². The van der Waals surface area contributed by atoms with Crippen LogP contribution in [-0.4, -0.2) is 16.8 Å². The molecule has 6 aromatic rings. The van der Waals surface area contributed by atoms with Crippen molar-refractivity contribution < 1.29 is 14.0 Å². The lowest BCUT2D eigenvalue weighted by atomic mass is 9.84. The second-order valence-corrected chi connectivity index (χ2v) is 12.9. The Kier molecular flexibility index (Phi) is 5.70. The molecule has 0 aliphatic carbocycles. The monoisotopic (exact) mass is 617 g/mol. The van der Waals surface area contributed by atoms with Crippen LogP contribution in [0.3, 0.4) is 0 Å². The lowest BCUT2D eigenvalue weighted by Gasteiger charge is -2.32. The molecule has 216 valence electrons. The molecule has 2 aliphatic heterocycles. The van der Waals surface area contributed by atoms with Crippen LogP contribution in [0.4, 0.5) is 10.8 Å². The summed E-state index contributed by atoms with van der Waals surface area (Å²) in [4.78, 5) is 52.2. The second kappa shape index (κ2) is 9.35. The van der Waals surface area contributed by atoms with Crippen molar-refractivity contribution in [2.75, 3.05) is 9.80 Å². The van der Waals surface area contributed by atoms with Gasteiger partial charge >= 0.3 is 0 Å². The van der Waals surface area contributed by atoms with Gasteiger partial charge in [0.1, 0.15) is 5.58 Å². The summed E-state index contributed by atoms with van der Waals surface area (Å²) in [6, 6.07) is 23.9. The van der Waals surface area contributed by atoms with Crippen molar-refractivity contribution in [3.8, 4) is 0 Å². The van der Waals surface area contributed by atoms with Crippen LogP contribution >= 0.6 is 22.9 Å². The summed E-state index contributed by atoms with van der Waals surface area (Å²) >= 11 is 7.47. The number of hydrogen-bond acceptors (Lipinski definition) is 6. The minimum atomic E-state index is -1.81. The maximum atomic E-state index is 15.1. The second-order valence-electron chi connectivity index (χ2n) is 11.4. The molecular weight excluding hydrogens is 594 g/mol. The average Bonchev–Trinajstić information content (AvgIpc) is 3.61. The van der Waals surface area contributed by atoms with Gasteiger partial charge in [-0.05, 0) is 73.9 Å². The number of anilines is 2. The molecule has 9 heteroatoms. The molecule has 0 fully saturated rings. The number of carbonyl (C=O) groups excluding carboxylic acids is 2. The lowest BCUT2D eigenvalue weighted by molar-refractivity contribution is -0.121. The number of aryl methyl sites for hydroxylation is 3. The Morgan fingerprint density at radius 3 is 2.48 bits per heavy atom. The minimum Gasteiger partial charge on any atom is -0.450 e. The summed E-state index contributed by atoms with van der Waals surface area (Å²) in [5, 5.41) is 1.22. The van der Waals surface area contributed by atoms with Crippen LogP contribution in [0.15, 0.2) is 88.1 Å². The van der Waals surface area contributed by atoms with Crippen molar-refractivity contribution in [1.29, 1.82) is 0 Å². The van der Waals surface area contributed by atoms with Gasteiger partial charge in [0, 0.05) is 10.6 Å². The van der Waals surface area contributed by atoms with E-state index >= 15 is 4.79 Å². The zero-order chi connectivity index (χ0) is 30.5. The van der Waals surface area contributed by atoms with Crippen molar-refractivity contribution in [3.63, 3.8) is 0 Å². The van der Waals surface area contributed by atoms with Gasteiger partial charge in [0.25, 0.3) is 11.8 Å². The van der Waals surface area contributed by atoms with Gasteiger partial charge < -0.3 is 9.32 Å². The maximum Gasteiger partial charge on any atom is 0.297 e. The topological polar surface area (TPSA) is 83.7 Å². The molecule has 1 spiro atoms. The van der Waals surface area contributed by atoms with Crippen LogP contribution in [0.5, 0.6) is 0 Å². The van der Waals surface area contributed by atoms with Crippen molar-refractivity contribution >= 4 is 66.8 Å². The summed E-state index contributed by atoms with van der Waals surface area (Å²) in [6.45, 7) is 6.07. The highest BCUT2D eigenvalue weighted by Crippen LogP contribution is 2.55. The van der Waals surface area contributed by atoms with Crippen molar-refractivity contribution in [1.82, 2.24) is 4.98 Å². The molecule has 0 bridgehead atoms. The molecule has 4 aromatic carbocycles. The Bertz CT molecular complexity index is 2290. The normalized spacial score (nSPS) is 17.4. The molecular formula is C35H24ClN3O4S. The number of hydrogen-bond donors (Lipinski definition) is 0. The van der Waals surface area contributed by atoms with Gasteiger partial charge in [-0.1, -0.05) is 71.0 Å². The lowest BCUT2D eigenvalue weighted by Crippen LogP contribution is -2.53. The number of benzene rings is 4. The van der Waals surface area contributed by atoms with E-state index in [2.05, 4.69) is 0 Å². The van der Waals surface area contributed by atoms with Crippen molar-refractivity contribution in [2.24, 2.45) is 0 Å². The summed E-state index contributed by atoms with van der Waals surface area (Å²) in [7, 11) is 0. The van der Waals surface area contributed by atoms with Crippen molar-refractivity contribution in [2.45, 2.75) is 32.9 Å².